The molecule has 0 spiro atoms. The number of benzene rings is 2. The van der Waals surface area contributed by atoms with Gasteiger partial charge in [-0.3, -0.25) is 4.79 Å². The number of carbonyl (C=O) groups excluding carboxylic acids is 1. The normalized spacial score (nSPS) is 11.9. The topological polar surface area (TPSA) is 26.3 Å². The van der Waals surface area contributed by atoms with E-state index in [-0.39, 0.29) is 5.78 Å². The molecule has 0 fully saturated rings. The monoisotopic (exact) mass is 274 g/mol. The minimum Gasteiger partial charge on any atom is -0.483 e. The quantitative estimate of drug-likeness (QED) is 0.777. The molecule has 0 aliphatic rings. The van der Waals surface area contributed by atoms with E-state index in [1.807, 2.05) is 31.2 Å². The summed E-state index contributed by atoms with van der Waals surface area (Å²) < 4.78 is 5.61. The lowest BCUT2D eigenvalue weighted by atomic mass is 10.1. The van der Waals surface area contributed by atoms with Crippen molar-refractivity contribution >= 4 is 17.4 Å². The Balaban J connectivity index is 2.09. The van der Waals surface area contributed by atoms with Crippen molar-refractivity contribution in [3.8, 4) is 5.75 Å². The van der Waals surface area contributed by atoms with Crippen LogP contribution in [0.3, 0.4) is 0 Å². The van der Waals surface area contributed by atoms with Gasteiger partial charge in [0.25, 0.3) is 0 Å². The second kappa shape index (κ2) is 5.89. The minimum atomic E-state index is -0.541. The Bertz CT molecular complexity index is 576. The molecular weight excluding hydrogens is 260 g/mol. The van der Waals surface area contributed by atoms with Crippen molar-refractivity contribution in [2.75, 3.05) is 0 Å². The molecule has 2 nitrogen and oxygen atoms in total. The van der Waals surface area contributed by atoms with Crippen molar-refractivity contribution < 1.29 is 9.53 Å². The van der Waals surface area contributed by atoms with Crippen LogP contribution in [0.1, 0.15) is 22.8 Å². The summed E-state index contributed by atoms with van der Waals surface area (Å²) in [6, 6.07) is 14.5. The number of hydrogen-bond donors (Lipinski definition) is 0. The summed E-state index contributed by atoms with van der Waals surface area (Å²) in [5, 5.41) is 0.590. The summed E-state index contributed by atoms with van der Waals surface area (Å²) >= 11 is 5.88. The zero-order chi connectivity index (χ0) is 13.8. The lowest BCUT2D eigenvalue weighted by Gasteiger charge is -2.14. The molecule has 19 heavy (non-hydrogen) atoms. The fourth-order valence-corrected chi connectivity index (χ4v) is 1.93. The molecule has 0 saturated heterocycles. The highest BCUT2D eigenvalue weighted by atomic mass is 35.5. The summed E-state index contributed by atoms with van der Waals surface area (Å²) in [4.78, 5) is 12.2. The van der Waals surface area contributed by atoms with Crippen molar-refractivity contribution in [2.24, 2.45) is 0 Å². The average molecular weight is 275 g/mol. The summed E-state index contributed by atoms with van der Waals surface area (Å²) in [5.41, 5.74) is 1.78. The highest BCUT2D eigenvalue weighted by Gasteiger charge is 2.16. The number of halogens is 1. The first-order chi connectivity index (χ1) is 9.06. The molecule has 0 saturated carbocycles. The number of ether oxygens (including phenoxy) is 1. The van der Waals surface area contributed by atoms with Crippen LogP contribution in [0.25, 0.3) is 0 Å². The summed E-state index contributed by atoms with van der Waals surface area (Å²) in [6.07, 6.45) is -0.541. The van der Waals surface area contributed by atoms with Gasteiger partial charge in [0.15, 0.2) is 6.10 Å². The van der Waals surface area contributed by atoms with E-state index in [0.717, 1.165) is 5.56 Å². The third kappa shape index (κ3) is 3.58. The van der Waals surface area contributed by atoms with Gasteiger partial charge in [0, 0.05) is 10.6 Å². The predicted octanol–water partition coefficient (Wildman–Crippen LogP) is 4.30. The highest BCUT2D eigenvalue weighted by molar-refractivity contribution is 6.30. The maximum absolute atomic E-state index is 12.2. The summed E-state index contributed by atoms with van der Waals surface area (Å²) in [7, 11) is 0. The minimum absolute atomic E-state index is 0.0417. The smallest absolute Gasteiger partial charge is 0.202 e. The van der Waals surface area contributed by atoms with E-state index < -0.39 is 6.10 Å². The number of carbonyl (C=O) groups is 1. The van der Waals surface area contributed by atoms with Gasteiger partial charge >= 0.3 is 0 Å². The largest absolute Gasteiger partial charge is 0.483 e. The number of aryl methyl sites for hydroxylation is 1. The van der Waals surface area contributed by atoms with E-state index >= 15 is 0 Å². The molecule has 0 N–H and O–H groups in total. The standard InChI is InChI=1S/C16H15ClO2/c1-11-6-8-13(9-7-11)16(18)12(2)19-15-5-3-4-14(17)10-15/h3-10,12H,1-2H3/t12-/m1/s1. The van der Waals surface area contributed by atoms with Crippen LogP contribution in [0.5, 0.6) is 5.75 Å². The molecule has 0 unspecified atom stereocenters. The molecular formula is C16H15ClO2. The molecule has 2 aromatic rings. The molecule has 0 radical (unpaired) electrons. The van der Waals surface area contributed by atoms with Gasteiger partial charge in [-0.05, 0) is 32.0 Å². The first-order valence-electron chi connectivity index (χ1n) is 6.09. The van der Waals surface area contributed by atoms with Crippen LogP contribution in [0, 0.1) is 6.92 Å². The third-order valence-corrected chi connectivity index (χ3v) is 3.05. The fraction of sp³-hybridized carbons (Fsp3) is 0.188. The molecule has 0 aliphatic carbocycles. The van der Waals surface area contributed by atoms with E-state index in [9.17, 15) is 4.79 Å². The van der Waals surface area contributed by atoms with Gasteiger partial charge in [-0.15, -0.1) is 0 Å². The van der Waals surface area contributed by atoms with E-state index in [1.165, 1.54) is 0 Å². The predicted molar refractivity (Wildman–Crippen MR) is 77.1 cm³/mol. The van der Waals surface area contributed by atoms with Crippen molar-refractivity contribution in [3.05, 3.63) is 64.7 Å². The molecule has 0 bridgehead atoms. The molecule has 0 heterocycles. The average Bonchev–Trinajstić information content (AvgIpc) is 2.39. The Morgan fingerprint density at radius 2 is 1.84 bits per heavy atom. The Hall–Kier alpha value is -1.80. The molecule has 0 amide bonds. The van der Waals surface area contributed by atoms with Crippen LogP contribution in [0.15, 0.2) is 48.5 Å². The summed E-state index contributed by atoms with van der Waals surface area (Å²) in [6.45, 7) is 3.73. The Kier molecular flexibility index (Phi) is 4.23. The lowest BCUT2D eigenvalue weighted by Crippen LogP contribution is -2.23. The Labute approximate surface area is 118 Å². The van der Waals surface area contributed by atoms with E-state index in [2.05, 4.69) is 0 Å². The van der Waals surface area contributed by atoms with Crippen molar-refractivity contribution in [1.29, 1.82) is 0 Å². The maximum atomic E-state index is 12.2. The number of Topliss-reactive ketones (excluding diaryl/α,β-unsaturated/α-hetero) is 1. The number of hydrogen-bond acceptors (Lipinski definition) is 2. The molecule has 0 aromatic heterocycles. The molecule has 2 rings (SSSR count). The zero-order valence-corrected chi connectivity index (χ0v) is 11.6. The SMILES string of the molecule is Cc1ccc(C(=O)[C@@H](C)Oc2cccc(Cl)c2)cc1. The van der Waals surface area contributed by atoms with Gasteiger partial charge in [0.2, 0.25) is 5.78 Å². The first kappa shape index (κ1) is 13.6. The second-order valence-electron chi connectivity index (χ2n) is 4.45. The number of ketones is 1. The van der Waals surface area contributed by atoms with Gasteiger partial charge < -0.3 is 4.74 Å². The Morgan fingerprint density at radius 3 is 2.47 bits per heavy atom. The van der Waals surface area contributed by atoms with Crippen molar-refractivity contribution in [3.63, 3.8) is 0 Å². The van der Waals surface area contributed by atoms with Crippen LogP contribution in [0.2, 0.25) is 5.02 Å². The third-order valence-electron chi connectivity index (χ3n) is 2.81. The van der Waals surface area contributed by atoms with Crippen LogP contribution < -0.4 is 4.74 Å². The Morgan fingerprint density at radius 1 is 1.16 bits per heavy atom. The molecule has 1 atom stereocenters. The maximum Gasteiger partial charge on any atom is 0.202 e. The second-order valence-corrected chi connectivity index (χ2v) is 4.88. The fourth-order valence-electron chi connectivity index (χ4n) is 1.75. The van der Waals surface area contributed by atoms with E-state index in [1.54, 1.807) is 31.2 Å². The van der Waals surface area contributed by atoms with Gasteiger partial charge in [-0.1, -0.05) is 47.5 Å². The molecule has 3 heteroatoms. The first-order valence-corrected chi connectivity index (χ1v) is 6.47. The van der Waals surface area contributed by atoms with Gasteiger partial charge in [-0.25, -0.2) is 0 Å². The molecule has 98 valence electrons. The zero-order valence-electron chi connectivity index (χ0n) is 10.9. The van der Waals surface area contributed by atoms with E-state index in [0.29, 0.717) is 16.3 Å². The van der Waals surface area contributed by atoms with Gasteiger partial charge in [-0.2, -0.15) is 0 Å². The molecule has 0 aliphatic heterocycles. The van der Waals surface area contributed by atoms with Crippen LogP contribution in [-0.4, -0.2) is 11.9 Å². The number of rotatable bonds is 4. The van der Waals surface area contributed by atoms with Crippen molar-refractivity contribution in [1.82, 2.24) is 0 Å². The van der Waals surface area contributed by atoms with Gasteiger partial charge in [0.1, 0.15) is 5.75 Å². The summed E-state index contributed by atoms with van der Waals surface area (Å²) in [5.74, 6) is 0.556. The van der Waals surface area contributed by atoms with Crippen LogP contribution >= 0.6 is 11.6 Å². The van der Waals surface area contributed by atoms with Gasteiger partial charge in [0.05, 0.1) is 0 Å². The van der Waals surface area contributed by atoms with Crippen LogP contribution in [0.4, 0.5) is 0 Å². The molecule has 2 aromatic carbocycles. The highest BCUT2D eigenvalue weighted by Crippen LogP contribution is 2.19. The van der Waals surface area contributed by atoms with E-state index in [4.69, 9.17) is 16.3 Å². The van der Waals surface area contributed by atoms with Crippen LogP contribution in [-0.2, 0) is 0 Å². The lowest BCUT2D eigenvalue weighted by molar-refractivity contribution is 0.0818. The van der Waals surface area contributed by atoms with Crippen molar-refractivity contribution in [2.45, 2.75) is 20.0 Å².